The van der Waals surface area contributed by atoms with Crippen molar-refractivity contribution in [2.24, 2.45) is 5.92 Å². The summed E-state index contributed by atoms with van der Waals surface area (Å²) in [5.41, 5.74) is 15.5. The van der Waals surface area contributed by atoms with Crippen LogP contribution in [-0.2, 0) is 24.2 Å². The molecule has 0 amide bonds. The molecule has 7 aromatic rings. The molecule has 48 heavy (non-hydrogen) atoms. The molecule has 0 aliphatic heterocycles. The molecule has 1 aliphatic rings. The topological polar surface area (TPSA) is 87.1 Å². The molecule has 4 aromatic carbocycles. The highest BCUT2D eigenvalue weighted by Gasteiger charge is 2.39. The third kappa shape index (κ3) is 5.79. The molecule has 3 aromatic heterocycles. The number of pyridine rings is 1. The van der Waals surface area contributed by atoms with Crippen molar-refractivity contribution in [1.29, 1.82) is 0 Å². The molecular weight excluding hydrogens is 594 g/mol. The van der Waals surface area contributed by atoms with Crippen LogP contribution in [-0.4, -0.2) is 27.2 Å². The molecule has 1 fully saturated rings. The summed E-state index contributed by atoms with van der Waals surface area (Å²) in [6.45, 7) is 1.57. The Morgan fingerprint density at radius 3 is 2.31 bits per heavy atom. The molecule has 3 heterocycles. The number of anilines is 3. The number of nitrogens with zero attached hydrogens (tertiary/aromatic N) is 3. The van der Waals surface area contributed by atoms with Gasteiger partial charge in [-0.1, -0.05) is 66.7 Å². The van der Waals surface area contributed by atoms with Gasteiger partial charge in [0, 0.05) is 53.8 Å². The van der Waals surface area contributed by atoms with Gasteiger partial charge >= 0.3 is 5.97 Å². The maximum absolute atomic E-state index is 13.0. The number of carbonyl (C=O) groups excluding carboxylic acids is 1. The maximum Gasteiger partial charge on any atom is 0.341 e. The first-order chi connectivity index (χ1) is 23.5. The number of nitrogen functional groups attached to an aromatic ring is 1. The van der Waals surface area contributed by atoms with Crippen molar-refractivity contribution in [3.63, 3.8) is 0 Å². The highest BCUT2D eigenvalue weighted by Crippen LogP contribution is 2.49. The number of fused-ring (bicyclic) bond motifs is 2. The van der Waals surface area contributed by atoms with Gasteiger partial charge in [0.05, 0.1) is 18.1 Å². The Labute approximate surface area is 279 Å². The van der Waals surface area contributed by atoms with Crippen LogP contribution in [0.3, 0.4) is 0 Å². The van der Waals surface area contributed by atoms with Crippen molar-refractivity contribution in [3.05, 3.63) is 156 Å². The van der Waals surface area contributed by atoms with E-state index in [1.807, 2.05) is 42.6 Å². The van der Waals surface area contributed by atoms with E-state index in [0.717, 1.165) is 64.7 Å². The van der Waals surface area contributed by atoms with E-state index < -0.39 is 5.97 Å². The number of esters is 1. The summed E-state index contributed by atoms with van der Waals surface area (Å²) in [7, 11) is 1.42. The van der Waals surface area contributed by atoms with Crippen molar-refractivity contribution in [2.45, 2.75) is 31.8 Å². The van der Waals surface area contributed by atoms with E-state index in [9.17, 15) is 4.79 Å². The summed E-state index contributed by atoms with van der Waals surface area (Å²) < 4.78 is 9.69. The first kappa shape index (κ1) is 29.6. The normalized spacial score (nSPS) is 15.5. The standard InChI is InChI=1S/C41H37N5O2/c1-48-41(47)35-23-31(24-43-40(35)44-37-13-7-15-39-33(37)17-19-45(39)25-27-8-3-2-4-9-27)34-22-30(34)21-28-10-5-11-29(20-28)26-46-18-16-32-36(42)12-6-14-38(32)46/h2-20,23-24,30,34H,21-22,25-26,42H2,1H3,(H,43,44)/t30-,34?/m1/s1. The Hall–Kier alpha value is -5.82. The molecular formula is C41H37N5O2. The van der Waals surface area contributed by atoms with Crippen LogP contribution in [0.15, 0.2) is 128 Å². The van der Waals surface area contributed by atoms with E-state index in [0.29, 0.717) is 23.2 Å². The molecule has 3 N–H and O–H groups in total. The van der Waals surface area contributed by atoms with Crippen molar-refractivity contribution in [3.8, 4) is 0 Å². The van der Waals surface area contributed by atoms with Gasteiger partial charge in [-0.3, -0.25) is 0 Å². The lowest BCUT2D eigenvalue weighted by atomic mass is 10.0. The quantitative estimate of drug-likeness (QED) is 0.117. The summed E-state index contributed by atoms with van der Waals surface area (Å²) in [6, 6.07) is 37.7. The number of ether oxygens (including phenoxy) is 1. The summed E-state index contributed by atoms with van der Waals surface area (Å²) in [5.74, 6) is 0.949. The van der Waals surface area contributed by atoms with Crippen molar-refractivity contribution >= 4 is 45.0 Å². The average molecular weight is 632 g/mol. The third-order valence-corrected chi connectivity index (χ3v) is 9.62. The number of benzene rings is 4. The Balaban J connectivity index is 0.984. The van der Waals surface area contributed by atoms with E-state index in [2.05, 4.69) is 99.6 Å². The number of hydrogen-bond acceptors (Lipinski definition) is 5. The van der Waals surface area contributed by atoms with Gasteiger partial charge in [0.25, 0.3) is 0 Å². The van der Waals surface area contributed by atoms with Crippen LogP contribution in [0.1, 0.15) is 45.0 Å². The van der Waals surface area contributed by atoms with Crippen LogP contribution in [0, 0.1) is 5.92 Å². The van der Waals surface area contributed by atoms with E-state index in [4.69, 9.17) is 15.5 Å². The zero-order valence-corrected chi connectivity index (χ0v) is 26.8. The zero-order valence-electron chi connectivity index (χ0n) is 26.8. The van der Waals surface area contributed by atoms with E-state index in [-0.39, 0.29) is 0 Å². The minimum absolute atomic E-state index is 0.352. The first-order valence-electron chi connectivity index (χ1n) is 16.4. The number of carbonyl (C=O) groups is 1. The van der Waals surface area contributed by atoms with Gasteiger partial charge in [0.1, 0.15) is 11.4 Å². The fourth-order valence-electron chi connectivity index (χ4n) is 7.05. The Kier molecular flexibility index (Phi) is 7.65. The zero-order chi connectivity index (χ0) is 32.6. The minimum atomic E-state index is -0.398. The van der Waals surface area contributed by atoms with Crippen LogP contribution >= 0.6 is 0 Å². The van der Waals surface area contributed by atoms with Gasteiger partial charge in [-0.2, -0.15) is 0 Å². The summed E-state index contributed by atoms with van der Waals surface area (Å²) >= 11 is 0. The van der Waals surface area contributed by atoms with Gasteiger partial charge in [0.15, 0.2) is 0 Å². The SMILES string of the molecule is COC(=O)c1cc(C2C[C@H]2Cc2cccc(Cn3ccc4c(N)cccc43)c2)cnc1Nc1cccc2c1ccn2Cc1ccccc1. The summed E-state index contributed by atoms with van der Waals surface area (Å²) in [5, 5.41) is 5.60. The van der Waals surface area contributed by atoms with Crippen molar-refractivity contribution in [2.75, 3.05) is 18.2 Å². The van der Waals surface area contributed by atoms with Crippen LogP contribution in [0.4, 0.5) is 17.2 Å². The Morgan fingerprint density at radius 1 is 0.812 bits per heavy atom. The molecule has 1 saturated carbocycles. The van der Waals surface area contributed by atoms with Crippen molar-refractivity contribution in [1.82, 2.24) is 14.1 Å². The molecule has 1 aliphatic carbocycles. The lowest BCUT2D eigenvalue weighted by molar-refractivity contribution is 0.0601. The Bertz CT molecular complexity index is 2270. The molecule has 7 heteroatoms. The second kappa shape index (κ2) is 12.4. The van der Waals surface area contributed by atoms with Crippen LogP contribution in [0.2, 0.25) is 0 Å². The molecule has 8 rings (SSSR count). The monoisotopic (exact) mass is 631 g/mol. The first-order valence-corrected chi connectivity index (χ1v) is 16.4. The lowest BCUT2D eigenvalue weighted by Crippen LogP contribution is -2.09. The number of nitrogens with two attached hydrogens (primary N) is 1. The maximum atomic E-state index is 13.0. The largest absolute Gasteiger partial charge is 0.465 e. The molecule has 0 bridgehead atoms. The molecule has 0 saturated heterocycles. The Morgan fingerprint density at radius 2 is 1.50 bits per heavy atom. The molecule has 0 radical (unpaired) electrons. The fourth-order valence-corrected chi connectivity index (χ4v) is 7.05. The second-order valence-corrected chi connectivity index (χ2v) is 12.8. The number of hydrogen-bond donors (Lipinski definition) is 2. The van der Waals surface area contributed by atoms with Gasteiger partial charge in [-0.25, -0.2) is 9.78 Å². The number of nitrogens with one attached hydrogen (secondary N) is 1. The van der Waals surface area contributed by atoms with Crippen LogP contribution < -0.4 is 11.1 Å². The highest BCUT2D eigenvalue weighted by molar-refractivity contribution is 5.99. The lowest BCUT2D eigenvalue weighted by Gasteiger charge is -2.13. The molecule has 1 unspecified atom stereocenters. The summed E-state index contributed by atoms with van der Waals surface area (Å²) in [6.07, 6.45) is 8.17. The van der Waals surface area contributed by atoms with Gasteiger partial charge in [0.2, 0.25) is 0 Å². The highest BCUT2D eigenvalue weighted by atomic mass is 16.5. The fraction of sp³-hybridized carbons (Fsp3) is 0.171. The van der Waals surface area contributed by atoms with E-state index in [1.54, 1.807) is 0 Å². The second-order valence-electron chi connectivity index (χ2n) is 12.8. The number of methoxy groups -OCH3 is 1. The predicted octanol–water partition coefficient (Wildman–Crippen LogP) is 8.55. The molecule has 7 nitrogen and oxygen atoms in total. The van der Waals surface area contributed by atoms with Gasteiger partial charge in [-0.15, -0.1) is 0 Å². The number of aromatic nitrogens is 3. The van der Waals surface area contributed by atoms with Crippen molar-refractivity contribution < 1.29 is 9.53 Å². The minimum Gasteiger partial charge on any atom is -0.465 e. The number of rotatable bonds is 10. The summed E-state index contributed by atoms with van der Waals surface area (Å²) in [4.78, 5) is 17.8. The smallest absolute Gasteiger partial charge is 0.341 e. The van der Waals surface area contributed by atoms with Crippen LogP contribution in [0.25, 0.3) is 21.8 Å². The molecule has 0 spiro atoms. The van der Waals surface area contributed by atoms with Crippen LogP contribution in [0.5, 0.6) is 0 Å². The molecule has 238 valence electrons. The van der Waals surface area contributed by atoms with Gasteiger partial charge < -0.3 is 24.9 Å². The van der Waals surface area contributed by atoms with E-state index >= 15 is 0 Å². The van der Waals surface area contributed by atoms with Gasteiger partial charge in [-0.05, 0) is 89.4 Å². The third-order valence-electron chi connectivity index (χ3n) is 9.62. The van der Waals surface area contributed by atoms with E-state index in [1.165, 1.54) is 23.8 Å². The molecule has 2 atom stereocenters. The average Bonchev–Trinajstić information content (AvgIpc) is 3.55. The predicted molar refractivity (Wildman–Crippen MR) is 193 cm³/mol.